The van der Waals surface area contributed by atoms with Gasteiger partial charge in [0, 0.05) is 12.1 Å². The third-order valence-electron chi connectivity index (χ3n) is 3.35. The SMILES string of the molecule is NC1CC(n2cncc2-c2ccc(F)cc2)C1. The maximum absolute atomic E-state index is 12.9. The molecule has 0 amide bonds. The normalized spacial score (nSPS) is 23.4. The fourth-order valence-electron chi connectivity index (χ4n) is 2.30. The highest BCUT2D eigenvalue weighted by Crippen LogP contribution is 2.34. The van der Waals surface area contributed by atoms with Crippen LogP contribution in [0.2, 0.25) is 0 Å². The highest BCUT2D eigenvalue weighted by atomic mass is 19.1. The van der Waals surface area contributed by atoms with Crippen LogP contribution in [0, 0.1) is 5.82 Å². The summed E-state index contributed by atoms with van der Waals surface area (Å²) in [5, 5.41) is 0. The summed E-state index contributed by atoms with van der Waals surface area (Å²) < 4.78 is 15.0. The predicted octanol–water partition coefficient (Wildman–Crippen LogP) is 2.35. The van der Waals surface area contributed by atoms with E-state index in [1.807, 2.05) is 12.5 Å². The zero-order valence-electron chi connectivity index (χ0n) is 9.38. The van der Waals surface area contributed by atoms with Crippen LogP contribution in [0.25, 0.3) is 11.3 Å². The van der Waals surface area contributed by atoms with Gasteiger partial charge in [-0.25, -0.2) is 9.37 Å². The van der Waals surface area contributed by atoms with Gasteiger partial charge in [0.25, 0.3) is 0 Å². The molecule has 0 spiro atoms. The first-order chi connectivity index (χ1) is 8.24. The number of halogens is 1. The highest BCUT2D eigenvalue weighted by molar-refractivity contribution is 5.58. The molecule has 2 N–H and O–H groups in total. The number of nitrogens with two attached hydrogens (primary N) is 1. The molecule has 17 heavy (non-hydrogen) atoms. The Labute approximate surface area is 99.1 Å². The van der Waals surface area contributed by atoms with Gasteiger partial charge in [0.05, 0.1) is 18.2 Å². The molecule has 1 aliphatic rings. The van der Waals surface area contributed by atoms with Crippen LogP contribution in [0.1, 0.15) is 18.9 Å². The van der Waals surface area contributed by atoms with E-state index in [2.05, 4.69) is 9.55 Å². The Balaban J connectivity index is 1.93. The first-order valence-electron chi connectivity index (χ1n) is 5.77. The van der Waals surface area contributed by atoms with E-state index in [1.165, 1.54) is 12.1 Å². The van der Waals surface area contributed by atoms with Crippen LogP contribution in [0.5, 0.6) is 0 Å². The smallest absolute Gasteiger partial charge is 0.123 e. The predicted molar refractivity (Wildman–Crippen MR) is 63.9 cm³/mol. The molecule has 3 rings (SSSR count). The third-order valence-corrected chi connectivity index (χ3v) is 3.35. The standard InChI is InChI=1S/C13H14FN3/c14-10-3-1-9(2-4-10)13-7-16-8-17(13)12-5-11(15)6-12/h1-4,7-8,11-12H,5-6,15H2. The summed E-state index contributed by atoms with van der Waals surface area (Å²) in [4.78, 5) is 4.18. The van der Waals surface area contributed by atoms with Crippen molar-refractivity contribution >= 4 is 0 Å². The van der Waals surface area contributed by atoms with E-state index in [0.29, 0.717) is 12.1 Å². The fraction of sp³-hybridized carbons (Fsp3) is 0.308. The number of hydrogen-bond donors (Lipinski definition) is 1. The first-order valence-corrected chi connectivity index (χ1v) is 5.77. The molecule has 1 aromatic carbocycles. The van der Waals surface area contributed by atoms with Crippen molar-refractivity contribution < 1.29 is 4.39 Å². The second-order valence-corrected chi connectivity index (χ2v) is 4.58. The van der Waals surface area contributed by atoms with Crippen LogP contribution in [0.3, 0.4) is 0 Å². The van der Waals surface area contributed by atoms with Gasteiger partial charge in [-0.1, -0.05) is 0 Å². The van der Waals surface area contributed by atoms with E-state index in [1.54, 1.807) is 12.1 Å². The van der Waals surface area contributed by atoms with Crippen molar-refractivity contribution in [3.63, 3.8) is 0 Å². The van der Waals surface area contributed by atoms with E-state index in [-0.39, 0.29) is 5.82 Å². The third kappa shape index (κ3) is 1.85. The molecule has 3 nitrogen and oxygen atoms in total. The fourth-order valence-corrected chi connectivity index (χ4v) is 2.30. The van der Waals surface area contributed by atoms with Crippen molar-refractivity contribution in [3.8, 4) is 11.3 Å². The van der Waals surface area contributed by atoms with Gasteiger partial charge in [0.2, 0.25) is 0 Å². The largest absolute Gasteiger partial charge is 0.328 e. The van der Waals surface area contributed by atoms with Crippen LogP contribution in [0.15, 0.2) is 36.8 Å². The van der Waals surface area contributed by atoms with Crippen LogP contribution in [-0.2, 0) is 0 Å². The van der Waals surface area contributed by atoms with Gasteiger partial charge in [-0.05, 0) is 42.7 Å². The second kappa shape index (κ2) is 3.96. The Morgan fingerprint density at radius 3 is 2.59 bits per heavy atom. The number of nitrogens with zero attached hydrogens (tertiary/aromatic N) is 2. The lowest BCUT2D eigenvalue weighted by atomic mass is 9.87. The van der Waals surface area contributed by atoms with Gasteiger partial charge in [-0.15, -0.1) is 0 Å². The number of benzene rings is 1. The molecule has 0 aliphatic heterocycles. The molecule has 0 saturated heterocycles. The molecule has 1 heterocycles. The van der Waals surface area contributed by atoms with E-state index in [4.69, 9.17) is 5.73 Å². The van der Waals surface area contributed by atoms with Crippen LogP contribution >= 0.6 is 0 Å². The second-order valence-electron chi connectivity index (χ2n) is 4.58. The monoisotopic (exact) mass is 231 g/mol. The first kappa shape index (κ1) is 10.5. The summed E-state index contributed by atoms with van der Waals surface area (Å²) in [6.07, 6.45) is 5.63. The maximum atomic E-state index is 12.9. The molecule has 2 aromatic rings. The van der Waals surface area contributed by atoms with Gasteiger partial charge in [0.15, 0.2) is 0 Å². The Kier molecular flexibility index (Phi) is 2.44. The molecule has 4 heteroatoms. The minimum Gasteiger partial charge on any atom is -0.328 e. The zero-order valence-corrected chi connectivity index (χ0v) is 9.38. The molecule has 1 fully saturated rings. The minimum absolute atomic E-state index is 0.217. The van der Waals surface area contributed by atoms with Gasteiger partial charge in [0.1, 0.15) is 5.82 Å². The lowest BCUT2D eigenvalue weighted by molar-refractivity contribution is 0.268. The van der Waals surface area contributed by atoms with Crippen LogP contribution < -0.4 is 5.73 Å². The van der Waals surface area contributed by atoms with Crippen molar-refractivity contribution in [3.05, 3.63) is 42.6 Å². The van der Waals surface area contributed by atoms with Crippen LogP contribution in [-0.4, -0.2) is 15.6 Å². The lowest BCUT2D eigenvalue weighted by Gasteiger charge is -2.34. The molecular formula is C13H14FN3. The number of rotatable bonds is 2. The zero-order chi connectivity index (χ0) is 11.8. The number of imidazole rings is 1. The molecule has 0 bridgehead atoms. The summed E-state index contributed by atoms with van der Waals surface area (Å²) in [5.74, 6) is -0.217. The van der Waals surface area contributed by atoms with Crippen LogP contribution in [0.4, 0.5) is 4.39 Å². The molecule has 1 aliphatic carbocycles. The summed E-state index contributed by atoms with van der Waals surface area (Å²) in [7, 11) is 0. The van der Waals surface area contributed by atoms with Crippen molar-refractivity contribution in [1.29, 1.82) is 0 Å². The molecule has 0 unspecified atom stereocenters. The Morgan fingerprint density at radius 1 is 1.24 bits per heavy atom. The molecule has 88 valence electrons. The average molecular weight is 231 g/mol. The summed E-state index contributed by atoms with van der Waals surface area (Å²) >= 11 is 0. The topological polar surface area (TPSA) is 43.8 Å². The van der Waals surface area contributed by atoms with Crippen molar-refractivity contribution in [2.45, 2.75) is 24.9 Å². The van der Waals surface area contributed by atoms with E-state index >= 15 is 0 Å². The van der Waals surface area contributed by atoms with E-state index in [0.717, 1.165) is 24.1 Å². The van der Waals surface area contributed by atoms with Gasteiger partial charge in [-0.2, -0.15) is 0 Å². The minimum atomic E-state index is -0.217. The summed E-state index contributed by atoms with van der Waals surface area (Å²) in [6.45, 7) is 0. The maximum Gasteiger partial charge on any atom is 0.123 e. The van der Waals surface area contributed by atoms with E-state index in [9.17, 15) is 4.39 Å². The molecule has 0 radical (unpaired) electrons. The molecule has 1 saturated carbocycles. The highest BCUT2D eigenvalue weighted by Gasteiger charge is 2.28. The van der Waals surface area contributed by atoms with E-state index < -0.39 is 0 Å². The average Bonchev–Trinajstić information content (AvgIpc) is 2.74. The summed E-state index contributed by atoms with van der Waals surface area (Å²) in [6, 6.07) is 7.25. The van der Waals surface area contributed by atoms with Crippen molar-refractivity contribution in [2.24, 2.45) is 5.73 Å². The Morgan fingerprint density at radius 2 is 1.94 bits per heavy atom. The Bertz CT molecular complexity index is 512. The number of hydrogen-bond acceptors (Lipinski definition) is 2. The lowest BCUT2D eigenvalue weighted by Crippen LogP contribution is -2.37. The molecule has 0 atom stereocenters. The summed E-state index contributed by atoms with van der Waals surface area (Å²) in [5.41, 5.74) is 7.82. The van der Waals surface area contributed by atoms with Gasteiger partial charge < -0.3 is 10.3 Å². The quantitative estimate of drug-likeness (QED) is 0.862. The Hall–Kier alpha value is -1.68. The van der Waals surface area contributed by atoms with Gasteiger partial charge in [-0.3, -0.25) is 0 Å². The van der Waals surface area contributed by atoms with Crippen molar-refractivity contribution in [1.82, 2.24) is 9.55 Å². The molecule has 1 aromatic heterocycles. The molecular weight excluding hydrogens is 217 g/mol. The van der Waals surface area contributed by atoms with Gasteiger partial charge >= 0.3 is 0 Å². The number of aromatic nitrogens is 2. The van der Waals surface area contributed by atoms with Crippen molar-refractivity contribution in [2.75, 3.05) is 0 Å².